The minimum Gasteiger partial charge on any atom is -0.367 e. The van der Waals surface area contributed by atoms with Gasteiger partial charge in [0.2, 0.25) is 0 Å². The molecule has 0 radical (unpaired) electrons. The van der Waals surface area contributed by atoms with E-state index in [9.17, 15) is 0 Å². The maximum absolute atomic E-state index is 6.13. The zero-order chi connectivity index (χ0) is 16.9. The number of hydrogen-bond donors (Lipinski definition) is 2. The fourth-order valence-electron chi connectivity index (χ4n) is 5.48. The maximum atomic E-state index is 6.13. The van der Waals surface area contributed by atoms with Gasteiger partial charge in [-0.05, 0) is 56.8 Å². The molecule has 1 spiro atoms. The molecule has 5 nitrogen and oxygen atoms in total. The van der Waals surface area contributed by atoms with Gasteiger partial charge in [-0.3, -0.25) is 0 Å². The Bertz CT molecular complexity index is 774. The topological polar surface area (TPSA) is 68.2 Å². The Hall–Kier alpha value is -1.62. The summed E-state index contributed by atoms with van der Waals surface area (Å²) in [5, 5.41) is 8.35. The summed E-state index contributed by atoms with van der Waals surface area (Å²) in [6.07, 6.45) is 15.8. The molecule has 3 N–H and O–H groups in total. The Morgan fingerprint density at radius 3 is 2.84 bits per heavy atom. The lowest BCUT2D eigenvalue weighted by Gasteiger charge is -2.41. The van der Waals surface area contributed by atoms with Crippen LogP contribution in [0.5, 0.6) is 0 Å². The van der Waals surface area contributed by atoms with E-state index in [1.807, 2.05) is 16.8 Å². The quantitative estimate of drug-likeness (QED) is 0.879. The number of aromatic nitrogens is 3. The van der Waals surface area contributed by atoms with Crippen molar-refractivity contribution in [3.05, 3.63) is 23.5 Å². The van der Waals surface area contributed by atoms with Crippen LogP contribution in [0.3, 0.4) is 0 Å². The van der Waals surface area contributed by atoms with E-state index in [-0.39, 0.29) is 0 Å². The van der Waals surface area contributed by atoms with E-state index in [2.05, 4.69) is 10.4 Å². The molecule has 0 aliphatic heterocycles. The molecule has 3 aliphatic carbocycles. The molecule has 2 aromatic rings. The Labute approximate surface area is 149 Å². The second-order valence-electron chi connectivity index (χ2n) is 8.64. The van der Waals surface area contributed by atoms with Crippen molar-refractivity contribution in [3.63, 3.8) is 0 Å². The van der Waals surface area contributed by atoms with Crippen molar-refractivity contribution < 1.29 is 0 Å². The van der Waals surface area contributed by atoms with Crippen LogP contribution in [0.25, 0.3) is 5.65 Å². The second-order valence-corrected chi connectivity index (χ2v) is 8.64. The van der Waals surface area contributed by atoms with Crippen LogP contribution >= 0.6 is 0 Å². The van der Waals surface area contributed by atoms with Crippen LogP contribution in [0, 0.1) is 5.41 Å². The fourth-order valence-corrected chi connectivity index (χ4v) is 5.48. The standard InChI is InChI=1S/C20H29N5/c21-14-4-5-15(12-14)23-19-16-6-10-20(8-2-1-3-9-20)13-17(16)24-18-7-11-22-25(18)19/h7,11,14-15,23H,1-6,8-10,12-13,21H2/t14-,15-/m0/s1. The summed E-state index contributed by atoms with van der Waals surface area (Å²) in [7, 11) is 0. The molecule has 5 rings (SSSR count). The van der Waals surface area contributed by atoms with Crippen LogP contribution in [0.1, 0.15) is 69.0 Å². The predicted octanol–water partition coefficient (Wildman–Crippen LogP) is 3.46. The summed E-state index contributed by atoms with van der Waals surface area (Å²) >= 11 is 0. The first kappa shape index (κ1) is 15.6. The third-order valence-corrected chi connectivity index (χ3v) is 6.89. The number of nitrogens with one attached hydrogen (secondary N) is 1. The molecule has 2 atom stereocenters. The molecule has 0 bridgehead atoms. The third kappa shape index (κ3) is 2.73. The molecule has 0 unspecified atom stereocenters. The Morgan fingerprint density at radius 2 is 2.04 bits per heavy atom. The number of nitrogens with zero attached hydrogens (tertiary/aromatic N) is 3. The summed E-state index contributed by atoms with van der Waals surface area (Å²) < 4.78 is 2.02. The lowest BCUT2D eigenvalue weighted by molar-refractivity contribution is 0.160. The van der Waals surface area contributed by atoms with Gasteiger partial charge in [0.15, 0.2) is 5.65 Å². The van der Waals surface area contributed by atoms with Crippen LogP contribution in [-0.2, 0) is 12.8 Å². The van der Waals surface area contributed by atoms with Gasteiger partial charge in [-0.25, -0.2) is 4.98 Å². The van der Waals surface area contributed by atoms with E-state index in [1.54, 1.807) is 0 Å². The van der Waals surface area contributed by atoms with Gasteiger partial charge in [-0.15, -0.1) is 0 Å². The molecule has 5 heteroatoms. The van der Waals surface area contributed by atoms with Crippen molar-refractivity contribution in [1.29, 1.82) is 0 Å². The number of nitrogens with two attached hydrogens (primary N) is 1. The van der Waals surface area contributed by atoms with Crippen LogP contribution in [0.4, 0.5) is 5.82 Å². The van der Waals surface area contributed by atoms with Crippen molar-refractivity contribution in [1.82, 2.24) is 14.6 Å². The number of anilines is 1. The van der Waals surface area contributed by atoms with E-state index in [0.717, 1.165) is 37.8 Å². The minimum atomic E-state index is 0.341. The summed E-state index contributed by atoms with van der Waals surface area (Å²) in [5.41, 5.74) is 10.4. The molecule has 2 heterocycles. The van der Waals surface area contributed by atoms with Gasteiger partial charge < -0.3 is 11.1 Å². The smallest absolute Gasteiger partial charge is 0.157 e. The van der Waals surface area contributed by atoms with Crippen LogP contribution in [-0.4, -0.2) is 26.7 Å². The Morgan fingerprint density at radius 1 is 1.16 bits per heavy atom. The largest absolute Gasteiger partial charge is 0.367 e. The lowest BCUT2D eigenvalue weighted by Crippen LogP contribution is -2.33. The van der Waals surface area contributed by atoms with Gasteiger partial charge in [0.05, 0.1) is 11.9 Å². The van der Waals surface area contributed by atoms with Crippen molar-refractivity contribution in [2.24, 2.45) is 11.1 Å². The number of hydrogen-bond acceptors (Lipinski definition) is 4. The fraction of sp³-hybridized carbons (Fsp3) is 0.700. The van der Waals surface area contributed by atoms with Gasteiger partial charge in [-0.1, -0.05) is 19.3 Å². The third-order valence-electron chi connectivity index (χ3n) is 6.89. The average molecular weight is 339 g/mol. The molecular weight excluding hydrogens is 310 g/mol. The summed E-state index contributed by atoms with van der Waals surface area (Å²) in [5.74, 6) is 1.19. The molecule has 0 saturated heterocycles. The summed E-state index contributed by atoms with van der Waals surface area (Å²) in [6, 6.07) is 2.85. The molecular formula is C20H29N5. The average Bonchev–Trinajstić information content (AvgIpc) is 3.24. The van der Waals surface area contributed by atoms with E-state index >= 15 is 0 Å². The summed E-state index contributed by atoms with van der Waals surface area (Å²) in [4.78, 5) is 5.01. The molecule has 0 aromatic carbocycles. The van der Waals surface area contributed by atoms with Gasteiger partial charge in [-0.2, -0.15) is 9.61 Å². The zero-order valence-electron chi connectivity index (χ0n) is 15.0. The first-order valence-electron chi connectivity index (χ1n) is 10.1. The van der Waals surface area contributed by atoms with E-state index in [4.69, 9.17) is 10.7 Å². The Balaban J connectivity index is 1.52. The molecule has 134 valence electrons. The molecule has 2 fully saturated rings. The highest BCUT2D eigenvalue weighted by Crippen LogP contribution is 2.47. The van der Waals surface area contributed by atoms with Gasteiger partial charge >= 0.3 is 0 Å². The van der Waals surface area contributed by atoms with E-state index in [1.165, 1.54) is 55.6 Å². The lowest BCUT2D eigenvalue weighted by atomic mass is 9.65. The second kappa shape index (κ2) is 5.97. The maximum Gasteiger partial charge on any atom is 0.157 e. The highest BCUT2D eigenvalue weighted by molar-refractivity contribution is 5.57. The SMILES string of the molecule is N[C@H]1CC[C@H](Nc2c3c(nc4ccnn24)CC2(CCCCC2)CC3)C1. The van der Waals surface area contributed by atoms with E-state index < -0.39 is 0 Å². The molecule has 0 amide bonds. The molecule has 2 aromatic heterocycles. The monoisotopic (exact) mass is 339 g/mol. The molecule has 2 saturated carbocycles. The van der Waals surface area contributed by atoms with Crippen molar-refractivity contribution >= 4 is 11.5 Å². The first-order valence-corrected chi connectivity index (χ1v) is 10.1. The van der Waals surface area contributed by atoms with Crippen LogP contribution in [0.15, 0.2) is 12.3 Å². The van der Waals surface area contributed by atoms with Gasteiger partial charge in [0.25, 0.3) is 0 Å². The first-order chi connectivity index (χ1) is 12.2. The van der Waals surface area contributed by atoms with E-state index in [0.29, 0.717) is 17.5 Å². The highest BCUT2D eigenvalue weighted by Gasteiger charge is 2.38. The summed E-state index contributed by atoms with van der Waals surface area (Å²) in [6.45, 7) is 0. The predicted molar refractivity (Wildman–Crippen MR) is 99.8 cm³/mol. The minimum absolute atomic E-state index is 0.341. The Kier molecular flexibility index (Phi) is 3.73. The van der Waals surface area contributed by atoms with Crippen LogP contribution in [0.2, 0.25) is 0 Å². The van der Waals surface area contributed by atoms with Crippen LogP contribution < -0.4 is 11.1 Å². The van der Waals surface area contributed by atoms with Crippen molar-refractivity contribution in [3.8, 4) is 0 Å². The van der Waals surface area contributed by atoms with Gasteiger partial charge in [0, 0.05) is 23.7 Å². The number of fused-ring (bicyclic) bond motifs is 2. The molecule has 3 aliphatic rings. The molecule has 25 heavy (non-hydrogen) atoms. The highest BCUT2D eigenvalue weighted by atomic mass is 15.3. The normalized spacial score (nSPS) is 28.4. The van der Waals surface area contributed by atoms with Gasteiger partial charge in [0.1, 0.15) is 5.82 Å². The van der Waals surface area contributed by atoms with Crippen molar-refractivity contribution in [2.45, 2.75) is 82.7 Å². The van der Waals surface area contributed by atoms with Crippen molar-refractivity contribution in [2.75, 3.05) is 5.32 Å². The number of rotatable bonds is 2. The zero-order valence-corrected chi connectivity index (χ0v) is 15.0.